The van der Waals surface area contributed by atoms with Crippen LogP contribution in [0.2, 0.25) is 0 Å². The molecule has 3 N–H and O–H groups in total. The van der Waals surface area contributed by atoms with Crippen molar-refractivity contribution in [3.05, 3.63) is 29.7 Å². The summed E-state index contributed by atoms with van der Waals surface area (Å²) in [4.78, 5) is 0. The van der Waals surface area contributed by atoms with Gasteiger partial charge < -0.3 is 15.2 Å². The Bertz CT molecular complexity index is 554. The number of nitrogens with two attached hydrogens (primary N) is 1. The van der Waals surface area contributed by atoms with Gasteiger partial charge in [0.15, 0.2) is 0 Å². The molecule has 0 bridgehead atoms. The van der Waals surface area contributed by atoms with Crippen LogP contribution in [0.15, 0.2) is 18.3 Å². The number of hydrogen-bond acceptors (Lipinski definition) is 4. The summed E-state index contributed by atoms with van der Waals surface area (Å²) in [7, 11) is 2.99. The van der Waals surface area contributed by atoms with E-state index < -0.39 is 5.82 Å². The minimum absolute atomic E-state index is 0.181. The predicted octanol–water partition coefficient (Wildman–Crippen LogP) is 1.95. The number of rotatable bonds is 4. The Morgan fingerprint density at radius 3 is 2.72 bits per heavy atom. The van der Waals surface area contributed by atoms with E-state index in [1.165, 1.54) is 20.4 Å². The van der Waals surface area contributed by atoms with Crippen molar-refractivity contribution >= 4 is 5.82 Å². The monoisotopic (exact) mass is 251 g/mol. The molecule has 1 aromatic heterocycles. The largest absolute Gasteiger partial charge is 0.496 e. The molecule has 0 atom stereocenters. The van der Waals surface area contributed by atoms with Gasteiger partial charge in [-0.1, -0.05) is 6.07 Å². The Balaban J connectivity index is 2.63. The van der Waals surface area contributed by atoms with E-state index in [0.29, 0.717) is 28.3 Å². The Kier molecular flexibility index (Phi) is 3.47. The zero-order chi connectivity index (χ0) is 13.1. The van der Waals surface area contributed by atoms with Crippen molar-refractivity contribution in [2.24, 2.45) is 0 Å². The summed E-state index contributed by atoms with van der Waals surface area (Å²) in [6.07, 6.45) is 1.47. The molecule has 96 valence electrons. The Hall–Kier alpha value is -2.08. The van der Waals surface area contributed by atoms with Crippen molar-refractivity contribution in [2.45, 2.75) is 6.61 Å². The van der Waals surface area contributed by atoms with E-state index in [0.717, 1.165) is 0 Å². The zero-order valence-electron chi connectivity index (χ0n) is 10.2. The molecule has 0 saturated heterocycles. The number of ether oxygens (including phenoxy) is 2. The van der Waals surface area contributed by atoms with Crippen LogP contribution in [0.3, 0.4) is 0 Å². The molecule has 0 spiro atoms. The van der Waals surface area contributed by atoms with Gasteiger partial charge in [-0.25, -0.2) is 4.39 Å². The molecule has 5 nitrogen and oxygen atoms in total. The summed E-state index contributed by atoms with van der Waals surface area (Å²) in [5.74, 6) is 0.284. The number of H-pyrrole nitrogens is 1. The predicted molar refractivity (Wildman–Crippen MR) is 65.7 cm³/mol. The van der Waals surface area contributed by atoms with Crippen molar-refractivity contribution in [1.29, 1.82) is 0 Å². The lowest BCUT2D eigenvalue weighted by Gasteiger charge is -2.12. The molecule has 0 amide bonds. The fourth-order valence-electron chi connectivity index (χ4n) is 1.78. The van der Waals surface area contributed by atoms with Crippen LogP contribution < -0.4 is 10.5 Å². The average Bonchev–Trinajstić information content (AvgIpc) is 2.78. The third-order valence-corrected chi connectivity index (χ3v) is 2.64. The highest BCUT2D eigenvalue weighted by atomic mass is 19.1. The maximum Gasteiger partial charge on any atom is 0.140 e. The van der Waals surface area contributed by atoms with Crippen molar-refractivity contribution in [3.8, 4) is 16.9 Å². The van der Waals surface area contributed by atoms with E-state index in [-0.39, 0.29) is 6.61 Å². The summed E-state index contributed by atoms with van der Waals surface area (Å²) < 4.78 is 24.5. The number of hydrogen-bond donors (Lipinski definition) is 2. The second kappa shape index (κ2) is 5.05. The Morgan fingerprint density at radius 1 is 1.39 bits per heavy atom. The van der Waals surface area contributed by atoms with Crippen LogP contribution in [0.5, 0.6) is 5.75 Å². The first kappa shape index (κ1) is 12.4. The Labute approximate surface area is 104 Å². The molecule has 0 unspecified atom stereocenters. The Morgan fingerprint density at radius 2 is 2.17 bits per heavy atom. The smallest absolute Gasteiger partial charge is 0.140 e. The quantitative estimate of drug-likeness (QED) is 0.871. The van der Waals surface area contributed by atoms with E-state index in [2.05, 4.69) is 10.2 Å². The van der Waals surface area contributed by atoms with E-state index in [9.17, 15) is 4.39 Å². The number of methoxy groups -OCH3 is 2. The highest BCUT2D eigenvalue weighted by molar-refractivity contribution is 5.79. The SMILES string of the molecule is COCc1ccc(OC)c(-c2cn[nH]c2N)c1F. The number of nitrogens with one attached hydrogen (secondary N) is 1. The highest BCUT2D eigenvalue weighted by Gasteiger charge is 2.19. The second-order valence-corrected chi connectivity index (χ2v) is 3.75. The average molecular weight is 251 g/mol. The molecular weight excluding hydrogens is 237 g/mol. The van der Waals surface area contributed by atoms with Crippen LogP contribution in [0.1, 0.15) is 5.56 Å². The molecule has 0 aliphatic carbocycles. The van der Waals surface area contributed by atoms with Crippen molar-refractivity contribution in [3.63, 3.8) is 0 Å². The summed E-state index contributed by atoms with van der Waals surface area (Å²) in [5, 5.41) is 6.36. The van der Waals surface area contributed by atoms with Gasteiger partial charge in [-0.3, -0.25) is 5.10 Å². The van der Waals surface area contributed by atoms with Crippen molar-refractivity contribution in [2.75, 3.05) is 20.0 Å². The zero-order valence-corrected chi connectivity index (χ0v) is 10.2. The van der Waals surface area contributed by atoms with E-state index in [4.69, 9.17) is 15.2 Å². The number of nitrogens with zero attached hydrogens (tertiary/aromatic N) is 1. The number of aromatic nitrogens is 2. The summed E-state index contributed by atoms with van der Waals surface area (Å²) in [5.41, 5.74) is 6.92. The lowest BCUT2D eigenvalue weighted by atomic mass is 10.0. The van der Waals surface area contributed by atoms with Gasteiger partial charge in [0.05, 0.1) is 31.0 Å². The molecule has 2 aromatic rings. The van der Waals surface area contributed by atoms with E-state index in [1.54, 1.807) is 12.1 Å². The molecule has 1 heterocycles. The summed E-state index contributed by atoms with van der Waals surface area (Å²) in [6.45, 7) is 0.181. The number of halogens is 1. The fourth-order valence-corrected chi connectivity index (χ4v) is 1.78. The molecule has 0 aliphatic rings. The molecule has 0 aliphatic heterocycles. The molecule has 18 heavy (non-hydrogen) atoms. The summed E-state index contributed by atoms with van der Waals surface area (Å²) in [6, 6.07) is 3.30. The van der Waals surface area contributed by atoms with E-state index >= 15 is 0 Å². The minimum atomic E-state index is -0.413. The number of nitrogen functional groups attached to an aromatic ring is 1. The molecule has 0 fully saturated rings. The topological polar surface area (TPSA) is 73.2 Å². The second-order valence-electron chi connectivity index (χ2n) is 3.75. The minimum Gasteiger partial charge on any atom is -0.496 e. The summed E-state index contributed by atoms with van der Waals surface area (Å²) >= 11 is 0. The van der Waals surface area contributed by atoms with Crippen LogP contribution in [0.4, 0.5) is 10.2 Å². The lowest BCUT2D eigenvalue weighted by molar-refractivity contribution is 0.181. The molecular formula is C12H14FN3O2. The van der Waals surface area contributed by atoms with Gasteiger partial charge in [-0.15, -0.1) is 0 Å². The molecule has 6 heteroatoms. The van der Waals surface area contributed by atoms with Crippen LogP contribution in [0.25, 0.3) is 11.1 Å². The lowest BCUT2D eigenvalue weighted by Crippen LogP contribution is -1.99. The van der Waals surface area contributed by atoms with Crippen LogP contribution in [0, 0.1) is 5.82 Å². The standard InChI is InChI=1S/C12H14FN3O2/c1-17-6-7-3-4-9(18-2)10(11(7)13)8-5-15-16-12(8)14/h3-5H,6H2,1-2H3,(H3,14,15,16). The van der Waals surface area contributed by atoms with Crippen LogP contribution >= 0.6 is 0 Å². The maximum atomic E-state index is 14.4. The molecule has 0 saturated carbocycles. The van der Waals surface area contributed by atoms with Crippen molar-refractivity contribution < 1.29 is 13.9 Å². The molecule has 2 rings (SSSR count). The van der Waals surface area contributed by atoms with Crippen molar-refractivity contribution in [1.82, 2.24) is 10.2 Å². The van der Waals surface area contributed by atoms with Crippen LogP contribution in [-0.2, 0) is 11.3 Å². The van der Waals surface area contributed by atoms with Gasteiger partial charge in [0.2, 0.25) is 0 Å². The number of anilines is 1. The third kappa shape index (κ3) is 2.02. The van der Waals surface area contributed by atoms with Gasteiger partial charge in [0.1, 0.15) is 17.4 Å². The first-order valence-electron chi connectivity index (χ1n) is 5.32. The van der Waals surface area contributed by atoms with E-state index in [1.807, 2.05) is 0 Å². The number of benzene rings is 1. The van der Waals surface area contributed by atoms with Gasteiger partial charge in [-0.05, 0) is 6.07 Å². The normalized spacial score (nSPS) is 10.6. The molecule has 0 radical (unpaired) electrons. The highest BCUT2D eigenvalue weighted by Crippen LogP contribution is 2.36. The van der Waals surface area contributed by atoms with Gasteiger partial charge in [0, 0.05) is 12.7 Å². The van der Waals surface area contributed by atoms with Gasteiger partial charge in [0.25, 0.3) is 0 Å². The third-order valence-electron chi connectivity index (χ3n) is 2.64. The molecule has 1 aromatic carbocycles. The fraction of sp³-hybridized carbons (Fsp3) is 0.250. The first-order valence-corrected chi connectivity index (χ1v) is 5.32. The van der Waals surface area contributed by atoms with Crippen LogP contribution in [-0.4, -0.2) is 24.4 Å². The van der Waals surface area contributed by atoms with Gasteiger partial charge in [-0.2, -0.15) is 5.10 Å². The maximum absolute atomic E-state index is 14.4. The number of aromatic amines is 1. The first-order chi connectivity index (χ1) is 8.69. The van der Waals surface area contributed by atoms with Gasteiger partial charge >= 0.3 is 0 Å².